The minimum Gasteiger partial charge on any atom is -0.321 e. The van der Waals surface area contributed by atoms with Crippen molar-refractivity contribution < 1.29 is 9.18 Å². The molecular weight excluding hydrogens is 410 g/mol. The number of benzene rings is 3. The lowest BCUT2D eigenvalue weighted by atomic mass is 9.98. The molecule has 0 aliphatic heterocycles. The molecule has 0 radical (unpaired) electrons. The van der Waals surface area contributed by atoms with Gasteiger partial charge in [0.05, 0.1) is 10.0 Å². The average Bonchev–Trinajstić information content (AvgIpc) is 2.71. The lowest BCUT2D eigenvalue weighted by Crippen LogP contribution is -2.13. The summed E-state index contributed by atoms with van der Waals surface area (Å²) >= 11 is 11.8. The van der Waals surface area contributed by atoms with Crippen molar-refractivity contribution in [2.24, 2.45) is 0 Å². The third-order valence-corrected chi connectivity index (χ3v) is 4.98. The quantitative estimate of drug-likeness (QED) is 0.387. The van der Waals surface area contributed by atoms with Crippen molar-refractivity contribution in [3.8, 4) is 6.07 Å². The predicted octanol–water partition coefficient (Wildman–Crippen LogP) is 6.27. The van der Waals surface area contributed by atoms with E-state index in [0.29, 0.717) is 33.3 Å². The van der Waals surface area contributed by atoms with Gasteiger partial charge in [0.15, 0.2) is 0 Å². The summed E-state index contributed by atoms with van der Waals surface area (Å²) in [4.78, 5) is 12.5. The van der Waals surface area contributed by atoms with Gasteiger partial charge in [-0.3, -0.25) is 4.79 Å². The van der Waals surface area contributed by atoms with Crippen LogP contribution in [0.4, 0.5) is 10.1 Å². The molecule has 3 aromatic rings. The zero-order chi connectivity index (χ0) is 20.8. The van der Waals surface area contributed by atoms with Crippen molar-refractivity contribution in [1.29, 1.82) is 5.26 Å². The lowest BCUT2D eigenvalue weighted by molar-refractivity contribution is -0.112. The van der Waals surface area contributed by atoms with Crippen LogP contribution < -0.4 is 5.32 Å². The first-order valence-electron chi connectivity index (χ1n) is 8.67. The second kappa shape index (κ2) is 9.38. The Morgan fingerprint density at radius 2 is 1.69 bits per heavy atom. The monoisotopic (exact) mass is 424 g/mol. The number of amides is 1. The van der Waals surface area contributed by atoms with Crippen molar-refractivity contribution in [1.82, 2.24) is 0 Å². The van der Waals surface area contributed by atoms with Gasteiger partial charge in [0.1, 0.15) is 17.5 Å². The molecule has 1 N–H and O–H groups in total. The second-order valence-electron chi connectivity index (χ2n) is 6.22. The van der Waals surface area contributed by atoms with Gasteiger partial charge >= 0.3 is 0 Å². The number of nitrogens with zero attached hydrogens (tertiary/aromatic N) is 1. The van der Waals surface area contributed by atoms with E-state index < -0.39 is 5.91 Å². The SMILES string of the molecule is N#C/C(=C\c1ccccc1Cc1ccccc1F)C(=O)Nc1ccc(Cl)c(Cl)c1. The Balaban J connectivity index is 1.87. The largest absolute Gasteiger partial charge is 0.321 e. The Bertz CT molecular complexity index is 1140. The zero-order valence-corrected chi connectivity index (χ0v) is 16.6. The van der Waals surface area contributed by atoms with Gasteiger partial charge < -0.3 is 5.32 Å². The van der Waals surface area contributed by atoms with Crippen LogP contribution in [0.3, 0.4) is 0 Å². The average molecular weight is 425 g/mol. The maximum Gasteiger partial charge on any atom is 0.266 e. The molecule has 3 nitrogen and oxygen atoms in total. The molecule has 0 bridgehead atoms. The van der Waals surface area contributed by atoms with Crippen LogP contribution in [0, 0.1) is 17.1 Å². The summed E-state index contributed by atoms with van der Waals surface area (Å²) in [7, 11) is 0. The van der Waals surface area contributed by atoms with E-state index in [1.54, 1.807) is 42.5 Å². The predicted molar refractivity (Wildman–Crippen MR) is 114 cm³/mol. The Hall–Kier alpha value is -3.13. The van der Waals surface area contributed by atoms with E-state index in [1.165, 1.54) is 18.2 Å². The van der Waals surface area contributed by atoms with Gasteiger partial charge in [-0.05, 0) is 47.0 Å². The molecule has 0 saturated carbocycles. The number of rotatable bonds is 5. The fourth-order valence-corrected chi connectivity index (χ4v) is 3.06. The summed E-state index contributed by atoms with van der Waals surface area (Å²) in [5.41, 5.74) is 2.33. The van der Waals surface area contributed by atoms with Crippen LogP contribution in [-0.4, -0.2) is 5.91 Å². The molecule has 3 rings (SSSR count). The molecule has 6 heteroatoms. The minimum absolute atomic E-state index is 0.0861. The number of carbonyl (C=O) groups excluding carboxylic acids is 1. The summed E-state index contributed by atoms with van der Waals surface area (Å²) in [6.07, 6.45) is 1.83. The van der Waals surface area contributed by atoms with Crippen LogP contribution in [0.2, 0.25) is 10.0 Å². The zero-order valence-electron chi connectivity index (χ0n) is 15.1. The Morgan fingerprint density at radius 1 is 1.00 bits per heavy atom. The smallest absolute Gasteiger partial charge is 0.266 e. The second-order valence-corrected chi connectivity index (χ2v) is 7.03. The highest BCUT2D eigenvalue weighted by Gasteiger charge is 2.12. The molecule has 0 aromatic heterocycles. The number of hydrogen-bond acceptors (Lipinski definition) is 2. The molecule has 0 aliphatic carbocycles. The van der Waals surface area contributed by atoms with E-state index in [0.717, 1.165) is 5.56 Å². The number of halogens is 3. The van der Waals surface area contributed by atoms with E-state index >= 15 is 0 Å². The summed E-state index contributed by atoms with van der Waals surface area (Å²) in [6.45, 7) is 0. The van der Waals surface area contributed by atoms with Crippen molar-refractivity contribution in [3.63, 3.8) is 0 Å². The topological polar surface area (TPSA) is 52.9 Å². The number of hydrogen-bond donors (Lipinski definition) is 1. The van der Waals surface area contributed by atoms with Crippen LogP contribution in [0.5, 0.6) is 0 Å². The molecule has 29 heavy (non-hydrogen) atoms. The fourth-order valence-electron chi connectivity index (χ4n) is 2.76. The summed E-state index contributed by atoms with van der Waals surface area (Å²) < 4.78 is 14.0. The molecule has 1 amide bonds. The number of nitriles is 1. The highest BCUT2D eigenvalue weighted by Crippen LogP contribution is 2.25. The van der Waals surface area contributed by atoms with Gasteiger partial charge in [-0.15, -0.1) is 0 Å². The van der Waals surface area contributed by atoms with Crippen molar-refractivity contribution >= 4 is 40.9 Å². The van der Waals surface area contributed by atoms with Gasteiger partial charge in [-0.1, -0.05) is 65.7 Å². The van der Waals surface area contributed by atoms with Crippen LogP contribution in [0.25, 0.3) is 6.08 Å². The van der Waals surface area contributed by atoms with Gasteiger partial charge in [0.2, 0.25) is 0 Å². The number of nitrogens with one attached hydrogen (secondary N) is 1. The highest BCUT2D eigenvalue weighted by molar-refractivity contribution is 6.42. The maximum atomic E-state index is 14.0. The molecule has 0 atom stereocenters. The fraction of sp³-hybridized carbons (Fsp3) is 0.0435. The highest BCUT2D eigenvalue weighted by atomic mass is 35.5. The van der Waals surface area contributed by atoms with Gasteiger partial charge in [0.25, 0.3) is 5.91 Å². The molecular formula is C23H15Cl2FN2O. The molecule has 144 valence electrons. The molecule has 3 aromatic carbocycles. The standard InChI is InChI=1S/C23H15Cl2FN2O/c24-20-10-9-19(13-21(20)25)28-23(29)18(14-27)12-16-6-2-1-5-15(16)11-17-7-3-4-8-22(17)26/h1-10,12-13H,11H2,(H,28,29)/b18-12+. The lowest BCUT2D eigenvalue weighted by Gasteiger charge is -2.09. The third-order valence-electron chi connectivity index (χ3n) is 4.24. The van der Waals surface area contributed by atoms with Gasteiger partial charge in [0, 0.05) is 12.1 Å². The molecule has 0 unspecified atom stereocenters. The van der Waals surface area contributed by atoms with Gasteiger partial charge in [-0.25, -0.2) is 4.39 Å². The van der Waals surface area contributed by atoms with Crippen LogP contribution in [0.1, 0.15) is 16.7 Å². The normalized spacial score (nSPS) is 11.0. The molecule has 0 spiro atoms. The Morgan fingerprint density at radius 3 is 2.38 bits per heavy atom. The van der Waals surface area contributed by atoms with Crippen LogP contribution in [-0.2, 0) is 11.2 Å². The van der Waals surface area contributed by atoms with Crippen molar-refractivity contribution in [3.05, 3.63) is 105 Å². The van der Waals surface area contributed by atoms with Crippen molar-refractivity contribution in [2.75, 3.05) is 5.32 Å². The van der Waals surface area contributed by atoms with Crippen molar-refractivity contribution in [2.45, 2.75) is 6.42 Å². The maximum absolute atomic E-state index is 14.0. The first-order valence-corrected chi connectivity index (χ1v) is 9.43. The summed E-state index contributed by atoms with van der Waals surface area (Å²) in [6, 6.07) is 20.3. The van der Waals surface area contributed by atoms with Crippen LogP contribution >= 0.6 is 23.2 Å². The van der Waals surface area contributed by atoms with E-state index in [9.17, 15) is 14.4 Å². The van der Waals surface area contributed by atoms with E-state index in [-0.39, 0.29) is 11.4 Å². The molecule has 0 fully saturated rings. The number of carbonyl (C=O) groups is 1. The minimum atomic E-state index is -0.577. The Labute approximate surface area is 178 Å². The number of anilines is 1. The third kappa shape index (κ3) is 5.23. The summed E-state index contributed by atoms with van der Waals surface area (Å²) in [5.74, 6) is -0.879. The van der Waals surface area contributed by atoms with Gasteiger partial charge in [-0.2, -0.15) is 5.26 Å². The van der Waals surface area contributed by atoms with E-state index in [2.05, 4.69) is 5.32 Å². The summed E-state index contributed by atoms with van der Waals surface area (Å²) in [5, 5.41) is 12.8. The van der Waals surface area contributed by atoms with Crippen LogP contribution in [0.15, 0.2) is 72.3 Å². The van der Waals surface area contributed by atoms with E-state index in [1.807, 2.05) is 18.2 Å². The molecule has 0 aliphatic rings. The Kier molecular flexibility index (Phi) is 6.66. The molecule has 0 saturated heterocycles. The first-order chi connectivity index (χ1) is 14.0. The first kappa shape index (κ1) is 20.6. The van der Waals surface area contributed by atoms with E-state index in [4.69, 9.17) is 23.2 Å². The molecule has 0 heterocycles.